The Morgan fingerprint density at radius 3 is 2.43 bits per heavy atom. The predicted octanol–water partition coefficient (Wildman–Crippen LogP) is 4.64. The number of anilines is 1. The molecule has 7 nitrogen and oxygen atoms in total. The van der Waals surface area contributed by atoms with Crippen LogP contribution in [-0.2, 0) is 26.2 Å². The monoisotopic (exact) mass is 565 g/mol. The predicted molar refractivity (Wildman–Crippen MR) is 145 cm³/mol. The van der Waals surface area contributed by atoms with Gasteiger partial charge in [0, 0.05) is 30.5 Å². The summed E-state index contributed by atoms with van der Waals surface area (Å²) in [6.07, 6.45) is 3.46. The molecule has 2 rings (SSSR count). The molecule has 2 amide bonds. The first-order valence-electron chi connectivity index (χ1n) is 11.9. The minimum Gasteiger partial charge on any atom is -0.354 e. The van der Waals surface area contributed by atoms with Crippen LogP contribution in [0.25, 0.3) is 0 Å². The van der Waals surface area contributed by atoms with Crippen LogP contribution in [0.5, 0.6) is 0 Å². The van der Waals surface area contributed by atoms with Crippen LogP contribution in [0, 0.1) is 6.92 Å². The SMILES string of the molecule is CCCCNC(=O)C(C)N(Cc1cccc(Br)c1)C(=O)CCCN(c1cccc(C)c1)S(C)(=O)=O. The van der Waals surface area contributed by atoms with Crippen molar-refractivity contribution in [2.24, 2.45) is 0 Å². The molecule has 0 aliphatic rings. The van der Waals surface area contributed by atoms with Gasteiger partial charge in [-0.05, 0) is 62.1 Å². The maximum absolute atomic E-state index is 13.3. The molecule has 0 aromatic heterocycles. The number of aryl methyl sites for hydroxylation is 1. The van der Waals surface area contributed by atoms with Gasteiger partial charge in [0.2, 0.25) is 21.8 Å². The average Bonchev–Trinajstić information content (AvgIpc) is 2.79. The van der Waals surface area contributed by atoms with Crippen LogP contribution in [0.4, 0.5) is 5.69 Å². The van der Waals surface area contributed by atoms with Gasteiger partial charge >= 0.3 is 0 Å². The van der Waals surface area contributed by atoms with E-state index in [-0.39, 0.29) is 31.3 Å². The first kappa shape index (κ1) is 28.8. The summed E-state index contributed by atoms with van der Waals surface area (Å²) in [5.41, 5.74) is 2.43. The highest BCUT2D eigenvalue weighted by Crippen LogP contribution is 2.21. The molecule has 0 bridgehead atoms. The topological polar surface area (TPSA) is 86.8 Å². The van der Waals surface area contributed by atoms with E-state index in [2.05, 4.69) is 28.2 Å². The number of halogens is 1. The number of nitrogens with zero attached hydrogens (tertiary/aromatic N) is 2. The molecule has 35 heavy (non-hydrogen) atoms. The van der Waals surface area contributed by atoms with Crippen LogP contribution in [0.15, 0.2) is 53.0 Å². The summed E-state index contributed by atoms with van der Waals surface area (Å²) in [7, 11) is -3.51. The fourth-order valence-corrected chi connectivity index (χ4v) is 5.14. The number of sulfonamides is 1. The zero-order valence-corrected chi connectivity index (χ0v) is 23.4. The van der Waals surface area contributed by atoms with E-state index in [4.69, 9.17) is 0 Å². The van der Waals surface area contributed by atoms with Crippen LogP contribution < -0.4 is 9.62 Å². The van der Waals surface area contributed by atoms with E-state index >= 15 is 0 Å². The Bertz CT molecular complexity index is 1110. The molecule has 0 heterocycles. The van der Waals surface area contributed by atoms with Crippen LogP contribution in [-0.4, -0.2) is 50.5 Å². The van der Waals surface area contributed by atoms with Crippen LogP contribution in [0.1, 0.15) is 50.7 Å². The number of hydrogen-bond donors (Lipinski definition) is 1. The maximum atomic E-state index is 13.3. The summed E-state index contributed by atoms with van der Waals surface area (Å²) in [6.45, 7) is 6.71. The van der Waals surface area contributed by atoms with Gasteiger partial charge in [-0.15, -0.1) is 0 Å². The zero-order chi connectivity index (χ0) is 26.0. The fourth-order valence-electron chi connectivity index (χ4n) is 3.74. The van der Waals surface area contributed by atoms with Gasteiger partial charge in [-0.3, -0.25) is 13.9 Å². The highest BCUT2D eigenvalue weighted by atomic mass is 79.9. The van der Waals surface area contributed by atoms with Gasteiger partial charge in [-0.2, -0.15) is 0 Å². The molecule has 1 N–H and O–H groups in total. The minimum absolute atomic E-state index is 0.123. The Labute approximate surface area is 218 Å². The van der Waals surface area contributed by atoms with Crippen molar-refractivity contribution in [2.45, 2.75) is 59.0 Å². The highest BCUT2D eigenvalue weighted by Gasteiger charge is 2.26. The van der Waals surface area contributed by atoms with Crippen LogP contribution in [0.3, 0.4) is 0 Å². The molecule has 0 aliphatic heterocycles. The van der Waals surface area contributed by atoms with Gasteiger partial charge in [0.1, 0.15) is 6.04 Å². The number of benzene rings is 2. The molecule has 1 unspecified atom stereocenters. The van der Waals surface area contributed by atoms with E-state index in [1.165, 1.54) is 10.6 Å². The number of carbonyl (C=O) groups is 2. The second kappa shape index (κ2) is 13.6. The molecule has 192 valence electrons. The van der Waals surface area contributed by atoms with Crippen molar-refractivity contribution >= 4 is 43.5 Å². The maximum Gasteiger partial charge on any atom is 0.242 e. The van der Waals surface area contributed by atoms with Gasteiger partial charge in [0.15, 0.2) is 0 Å². The van der Waals surface area contributed by atoms with Gasteiger partial charge in [0.05, 0.1) is 11.9 Å². The van der Waals surface area contributed by atoms with Crippen LogP contribution in [0.2, 0.25) is 0 Å². The molecule has 2 aromatic rings. The third kappa shape index (κ3) is 9.29. The second-order valence-electron chi connectivity index (χ2n) is 8.75. The average molecular weight is 567 g/mol. The van der Waals surface area contributed by atoms with Gasteiger partial charge in [-0.25, -0.2) is 8.42 Å². The van der Waals surface area contributed by atoms with Crippen molar-refractivity contribution < 1.29 is 18.0 Å². The summed E-state index contributed by atoms with van der Waals surface area (Å²) in [6, 6.07) is 14.2. The van der Waals surface area contributed by atoms with Crippen molar-refractivity contribution in [3.63, 3.8) is 0 Å². The summed E-state index contributed by atoms with van der Waals surface area (Å²) < 4.78 is 27.1. The van der Waals surface area contributed by atoms with Gasteiger partial charge in [0.25, 0.3) is 0 Å². The molecule has 9 heteroatoms. The summed E-state index contributed by atoms with van der Waals surface area (Å²) in [4.78, 5) is 27.6. The molecular weight excluding hydrogens is 530 g/mol. The number of rotatable bonds is 13. The van der Waals surface area contributed by atoms with Crippen molar-refractivity contribution in [3.8, 4) is 0 Å². The first-order chi connectivity index (χ1) is 16.5. The van der Waals surface area contributed by atoms with E-state index in [9.17, 15) is 18.0 Å². The third-order valence-corrected chi connectivity index (χ3v) is 7.37. The standard InChI is InChI=1S/C26H36BrN3O4S/c1-5-6-15-28-26(32)21(3)29(19-22-11-8-12-23(27)18-22)25(31)14-9-16-30(35(4,33)34)24-13-7-10-20(2)17-24/h7-8,10-13,17-18,21H,5-6,9,14-16,19H2,1-4H3,(H,28,32). The first-order valence-corrected chi connectivity index (χ1v) is 14.5. The summed E-state index contributed by atoms with van der Waals surface area (Å²) in [5.74, 6) is -0.389. The summed E-state index contributed by atoms with van der Waals surface area (Å²) in [5, 5.41) is 2.91. The Morgan fingerprint density at radius 2 is 1.80 bits per heavy atom. The lowest BCUT2D eigenvalue weighted by molar-refractivity contribution is -0.140. The number of unbranched alkanes of at least 4 members (excludes halogenated alkanes) is 1. The quantitative estimate of drug-likeness (QED) is 0.358. The Kier molecular flexibility index (Phi) is 11.2. The van der Waals surface area contributed by atoms with Crippen LogP contribution >= 0.6 is 15.9 Å². The summed E-state index contributed by atoms with van der Waals surface area (Å²) >= 11 is 3.46. The highest BCUT2D eigenvalue weighted by molar-refractivity contribution is 9.10. The fraction of sp³-hybridized carbons (Fsp3) is 0.462. The normalized spacial score (nSPS) is 12.1. The van der Waals surface area contributed by atoms with Crippen molar-refractivity contribution in [3.05, 3.63) is 64.1 Å². The molecule has 1 atom stereocenters. The van der Waals surface area contributed by atoms with E-state index < -0.39 is 16.1 Å². The molecule has 0 fully saturated rings. The second-order valence-corrected chi connectivity index (χ2v) is 11.6. The number of carbonyl (C=O) groups excluding carboxylic acids is 2. The Balaban J connectivity index is 2.14. The van der Waals surface area contributed by atoms with Crippen molar-refractivity contribution in [1.82, 2.24) is 10.2 Å². The molecule has 0 radical (unpaired) electrons. The van der Waals surface area contributed by atoms with Gasteiger partial charge in [-0.1, -0.05) is 53.5 Å². The molecule has 0 aliphatic carbocycles. The number of hydrogen-bond acceptors (Lipinski definition) is 4. The minimum atomic E-state index is -3.51. The molecule has 0 saturated carbocycles. The van der Waals surface area contributed by atoms with E-state index in [0.717, 1.165) is 28.4 Å². The molecule has 0 saturated heterocycles. The van der Waals surface area contributed by atoms with Crippen molar-refractivity contribution in [2.75, 3.05) is 23.7 Å². The van der Waals surface area contributed by atoms with E-state index in [1.807, 2.05) is 49.4 Å². The zero-order valence-electron chi connectivity index (χ0n) is 21.0. The third-order valence-electron chi connectivity index (χ3n) is 5.68. The number of nitrogens with one attached hydrogen (secondary N) is 1. The smallest absolute Gasteiger partial charge is 0.242 e. The Morgan fingerprint density at radius 1 is 1.09 bits per heavy atom. The molecule has 0 spiro atoms. The lowest BCUT2D eigenvalue weighted by atomic mass is 10.1. The Hall–Kier alpha value is -2.39. The lowest BCUT2D eigenvalue weighted by Crippen LogP contribution is -2.48. The van der Waals surface area contributed by atoms with E-state index in [1.54, 1.807) is 17.9 Å². The van der Waals surface area contributed by atoms with E-state index in [0.29, 0.717) is 18.7 Å². The molecule has 2 aromatic carbocycles. The largest absolute Gasteiger partial charge is 0.354 e. The molecular formula is C26H36BrN3O4S. The van der Waals surface area contributed by atoms with Crippen molar-refractivity contribution in [1.29, 1.82) is 0 Å². The number of amides is 2. The van der Waals surface area contributed by atoms with Gasteiger partial charge < -0.3 is 10.2 Å². The lowest BCUT2D eigenvalue weighted by Gasteiger charge is -2.29.